The van der Waals surface area contributed by atoms with Crippen molar-refractivity contribution in [2.24, 2.45) is 23.7 Å². The molecule has 1 saturated heterocycles. The smallest absolute Gasteiger partial charge is 0.308 e. The van der Waals surface area contributed by atoms with Gasteiger partial charge >= 0.3 is 5.97 Å². The minimum atomic E-state index is 0.0239. The molecule has 0 aromatic rings. The number of hydrogen-bond acceptors (Lipinski definition) is 2. The van der Waals surface area contributed by atoms with Crippen molar-refractivity contribution in [3.63, 3.8) is 0 Å². The summed E-state index contributed by atoms with van der Waals surface area (Å²) in [7, 11) is 0. The number of esters is 1. The van der Waals surface area contributed by atoms with Crippen LogP contribution >= 0.6 is 0 Å². The first-order chi connectivity index (χ1) is 6.18. The predicted octanol–water partition coefficient (Wildman–Crippen LogP) is 2.23. The van der Waals surface area contributed by atoms with Crippen LogP contribution in [-0.2, 0) is 9.53 Å². The quantitative estimate of drug-likeness (QED) is 0.537. The van der Waals surface area contributed by atoms with Crippen molar-refractivity contribution < 1.29 is 9.53 Å². The molecular weight excluding hydrogens is 164 g/mol. The molecule has 74 valence electrons. The fourth-order valence-electron chi connectivity index (χ4n) is 2.87. The second-order valence-electron chi connectivity index (χ2n) is 4.76. The summed E-state index contributed by atoms with van der Waals surface area (Å²) in [5.41, 5.74) is 0. The molecule has 2 nitrogen and oxygen atoms in total. The third-order valence-electron chi connectivity index (χ3n) is 3.76. The van der Waals surface area contributed by atoms with Gasteiger partial charge in [0.05, 0.1) is 12.5 Å². The van der Waals surface area contributed by atoms with Gasteiger partial charge in [0, 0.05) is 0 Å². The van der Waals surface area contributed by atoms with Gasteiger partial charge in [0.15, 0.2) is 0 Å². The van der Waals surface area contributed by atoms with Gasteiger partial charge in [-0.2, -0.15) is 0 Å². The highest BCUT2D eigenvalue weighted by molar-refractivity contribution is 5.73. The number of rotatable bonds is 0. The molecule has 1 aliphatic carbocycles. The minimum absolute atomic E-state index is 0.0239. The third kappa shape index (κ3) is 1.59. The molecule has 0 aromatic heterocycles. The van der Waals surface area contributed by atoms with Crippen LogP contribution in [-0.4, -0.2) is 12.6 Å². The molecule has 0 amide bonds. The van der Waals surface area contributed by atoms with Crippen molar-refractivity contribution in [2.75, 3.05) is 6.61 Å². The molecular formula is C11H18O2. The standard InChI is InChI=1S/C11H18O2/c1-7-3-4-10-8(2)11(12)13-6-9(10)5-7/h7-10H,3-6H2,1-2H3. The molecule has 2 aliphatic rings. The minimum Gasteiger partial charge on any atom is -0.465 e. The molecule has 0 radical (unpaired) electrons. The Kier molecular flexibility index (Phi) is 2.31. The first-order valence-electron chi connectivity index (χ1n) is 5.35. The van der Waals surface area contributed by atoms with E-state index < -0.39 is 0 Å². The molecule has 0 bridgehead atoms. The van der Waals surface area contributed by atoms with Crippen molar-refractivity contribution in [1.82, 2.24) is 0 Å². The average molecular weight is 182 g/mol. The van der Waals surface area contributed by atoms with Crippen LogP contribution in [0.15, 0.2) is 0 Å². The predicted molar refractivity (Wildman–Crippen MR) is 50.1 cm³/mol. The molecule has 0 N–H and O–H groups in total. The van der Waals surface area contributed by atoms with Crippen molar-refractivity contribution in [3.8, 4) is 0 Å². The fourth-order valence-corrected chi connectivity index (χ4v) is 2.87. The van der Waals surface area contributed by atoms with Gasteiger partial charge < -0.3 is 4.74 Å². The number of fused-ring (bicyclic) bond motifs is 1. The molecule has 1 saturated carbocycles. The first-order valence-corrected chi connectivity index (χ1v) is 5.35. The molecule has 13 heavy (non-hydrogen) atoms. The van der Waals surface area contributed by atoms with Crippen LogP contribution in [0.5, 0.6) is 0 Å². The van der Waals surface area contributed by atoms with Crippen LogP contribution in [0.1, 0.15) is 33.1 Å². The van der Waals surface area contributed by atoms with E-state index in [1.807, 2.05) is 6.92 Å². The van der Waals surface area contributed by atoms with Crippen LogP contribution < -0.4 is 0 Å². The summed E-state index contributed by atoms with van der Waals surface area (Å²) in [5.74, 6) is 2.25. The van der Waals surface area contributed by atoms with E-state index in [2.05, 4.69) is 6.92 Å². The van der Waals surface area contributed by atoms with Crippen LogP contribution in [0.25, 0.3) is 0 Å². The Bertz CT molecular complexity index is 212. The van der Waals surface area contributed by atoms with Gasteiger partial charge in [-0.15, -0.1) is 0 Å². The van der Waals surface area contributed by atoms with Crippen LogP contribution in [0.4, 0.5) is 0 Å². The van der Waals surface area contributed by atoms with E-state index in [4.69, 9.17) is 4.74 Å². The fraction of sp³-hybridized carbons (Fsp3) is 0.909. The lowest BCUT2D eigenvalue weighted by atomic mass is 9.69. The Morgan fingerprint density at radius 2 is 2.08 bits per heavy atom. The molecule has 4 unspecified atom stereocenters. The summed E-state index contributed by atoms with van der Waals surface area (Å²) in [6.45, 7) is 5.00. The summed E-state index contributed by atoms with van der Waals surface area (Å²) in [5, 5.41) is 0. The molecule has 2 fully saturated rings. The maximum absolute atomic E-state index is 11.3. The van der Waals surface area contributed by atoms with E-state index in [-0.39, 0.29) is 11.9 Å². The van der Waals surface area contributed by atoms with Gasteiger partial charge in [0.2, 0.25) is 0 Å². The Morgan fingerprint density at radius 3 is 2.85 bits per heavy atom. The van der Waals surface area contributed by atoms with Gasteiger partial charge in [0.1, 0.15) is 0 Å². The lowest BCUT2D eigenvalue weighted by molar-refractivity contribution is -0.162. The molecule has 2 rings (SSSR count). The Labute approximate surface area is 79.7 Å². The van der Waals surface area contributed by atoms with Crippen LogP contribution in [0.2, 0.25) is 0 Å². The number of carbonyl (C=O) groups is 1. The zero-order valence-electron chi connectivity index (χ0n) is 8.45. The lowest BCUT2D eigenvalue weighted by Crippen LogP contribution is -2.41. The van der Waals surface area contributed by atoms with Crippen molar-refractivity contribution in [2.45, 2.75) is 33.1 Å². The van der Waals surface area contributed by atoms with Crippen LogP contribution in [0.3, 0.4) is 0 Å². The summed E-state index contributed by atoms with van der Waals surface area (Å²) in [6, 6.07) is 0. The maximum atomic E-state index is 11.3. The van der Waals surface area contributed by atoms with E-state index in [1.165, 1.54) is 19.3 Å². The van der Waals surface area contributed by atoms with E-state index >= 15 is 0 Å². The Hall–Kier alpha value is -0.530. The zero-order valence-corrected chi connectivity index (χ0v) is 8.45. The Balaban J connectivity index is 2.06. The van der Waals surface area contributed by atoms with Crippen LogP contribution in [0, 0.1) is 23.7 Å². The second-order valence-corrected chi connectivity index (χ2v) is 4.76. The molecule has 0 aromatic carbocycles. The maximum Gasteiger partial charge on any atom is 0.308 e. The van der Waals surface area contributed by atoms with Crippen molar-refractivity contribution in [1.29, 1.82) is 0 Å². The number of ether oxygens (including phenoxy) is 1. The Morgan fingerprint density at radius 1 is 1.31 bits per heavy atom. The summed E-state index contributed by atoms with van der Waals surface area (Å²) in [6.07, 6.45) is 3.77. The monoisotopic (exact) mass is 182 g/mol. The topological polar surface area (TPSA) is 26.3 Å². The average Bonchev–Trinajstić information content (AvgIpc) is 2.12. The molecule has 2 heteroatoms. The molecule has 4 atom stereocenters. The largest absolute Gasteiger partial charge is 0.465 e. The van der Waals surface area contributed by atoms with Crippen molar-refractivity contribution in [3.05, 3.63) is 0 Å². The normalized spacial score (nSPS) is 45.2. The zero-order chi connectivity index (χ0) is 9.42. The van der Waals surface area contributed by atoms with Gasteiger partial charge in [0.25, 0.3) is 0 Å². The van der Waals surface area contributed by atoms with Gasteiger partial charge in [-0.25, -0.2) is 0 Å². The van der Waals surface area contributed by atoms with E-state index in [0.29, 0.717) is 18.4 Å². The summed E-state index contributed by atoms with van der Waals surface area (Å²) >= 11 is 0. The highest BCUT2D eigenvalue weighted by Crippen LogP contribution is 2.40. The first kappa shape index (κ1) is 9.04. The second kappa shape index (κ2) is 3.32. The lowest BCUT2D eigenvalue weighted by Gasteiger charge is -2.40. The number of cyclic esters (lactones) is 1. The van der Waals surface area contributed by atoms with Gasteiger partial charge in [-0.05, 0) is 30.6 Å². The van der Waals surface area contributed by atoms with Gasteiger partial charge in [-0.1, -0.05) is 20.3 Å². The summed E-state index contributed by atoms with van der Waals surface area (Å²) < 4.78 is 5.17. The SMILES string of the molecule is CC1CCC2C(COC(=O)C2C)C1. The van der Waals surface area contributed by atoms with E-state index in [9.17, 15) is 4.79 Å². The van der Waals surface area contributed by atoms with E-state index in [1.54, 1.807) is 0 Å². The third-order valence-corrected chi connectivity index (χ3v) is 3.76. The number of carbonyl (C=O) groups excluding carboxylic acids is 1. The number of hydrogen-bond donors (Lipinski definition) is 0. The summed E-state index contributed by atoms with van der Waals surface area (Å²) in [4.78, 5) is 11.3. The molecule has 1 heterocycles. The van der Waals surface area contributed by atoms with Gasteiger partial charge in [-0.3, -0.25) is 4.79 Å². The molecule has 1 aliphatic heterocycles. The highest BCUT2D eigenvalue weighted by atomic mass is 16.5. The van der Waals surface area contributed by atoms with Crippen molar-refractivity contribution >= 4 is 5.97 Å². The van der Waals surface area contributed by atoms with E-state index in [0.717, 1.165) is 5.92 Å². The highest BCUT2D eigenvalue weighted by Gasteiger charge is 2.40. The molecule has 0 spiro atoms.